The van der Waals surface area contributed by atoms with Gasteiger partial charge in [-0.2, -0.15) is 0 Å². The number of aromatic nitrogens is 1. The highest BCUT2D eigenvalue weighted by molar-refractivity contribution is 8.13. The summed E-state index contributed by atoms with van der Waals surface area (Å²) in [5, 5.41) is 3.16. The first-order chi connectivity index (χ1) is 8.20. The van der Waals surface area contributed by atoms with Crippen LogP contribution in [0.3, 0.4) is 0 Å². The van der Waals surface area contributed by atoms with Crippen LogP contribution in [-0.2, 0) is 6.42 Å². The third-order valence-electron chi connectivity index (χ3n) is 2.50. The number of nitrogens with one attached hydrogen (secondary N) is 1. The third kappa shape index (κ3) is 3.07. The molecule has 4 nitrogen and oxygen atoms in total. The fraction of sp³-hybridized carbons (Fsp3) is 0.545. The second-order valence-electron chi connectivity index (χ2n) is 3.77. The van der Waals surface area contributed by atoms with E-state index >= 15 is 0 Å². The zero-order valence-electron chi connectivity index (χ0n) is 9.62. The molecule has 1 aliphatic rings. The van der Waals surface area contributed by atoms with Gasteiger partial charge in [-0.1, -0.05) is 30.0 Å². The number of carbonyl (C=O) groups excluding carboxylic acids is 2. The summed E-state index contributed by atoms with van der Waals surface area (Å²) in [5.74, 6) is 0.897. The average Bonchev–Trinajstić information content (AvgIpc) is 2.60. The molecule has 1 heterocycles. The summed E-state index contributed by atoms with van der Waals surface area (Å²) < 4.78 is 0. The van der Waals surface area contributed by atoms with Crippen LogP contribution < -0.4 is 5.32 Å². The number of fused-ring (bicyclic) bond motifs is 1. The highest BCUT2D eigenvalue weighted by atomic mass is 32.2. The lowest BCUT2D eigenvalue weighted by Crippen LogP contribution is -2.04. The maximum atomic E-state index is 11.8. The number of carbonyl (C=O) groups is 2. The Morgan fingerprint density at radius 2 is 2.24 bits per heavy atom. The van der Waals surface area contributed by atoms with Gasteiger partial charge in [0.25, 0.3) is 5.24 Å². The van der Waals surface area contributed by atoms with E-state index < -0.39 is 0 Å². The summed E-state index contributed by atoms with van der Waals surface area (Å²) in [6, 6.07) is 0. The largest absolute Gasteiger partial charge is 0.293 e. The lowest BCUT2D eigenvalue weighted by atomic mass is 10.2. The van der Waals surface area contributed by atoms with Crippen LogP contribution in [-0.4, -0.2) is 21.8 Å². The van der Waals surface area contributed by atoms with E-state index in [1.165, 1.54) is 23.1 Å². The van der Waals surface area contributed by atoms with Crippen molar-refractivity contribution in [1.29, 1.82) is 0 Å². The number of anilines is 1. The molecule has 0 bridgehead atoms. The maximum absolute atomic E-state index is 11.8. The number of nitrogens with zero attached hydrogens (tertiary/aromatic N) is 1. The predicted octanol–water partition coefficient (Wildman–Crippen LogP) is 3.34. The molecule has 92 valence electrons. The van der Waals surface area contributed by atoms with Crippen LogP contribution in [0.15, 0.2) is 0 Å². The molecule has 0 fully saturated rings. The van der Waals surface area contributed by atoms with Crippen LogP contribution in [0.5, 0.6) is 0 Å². The molecule has 1 aromatic rings. The molecule has 0 unspecified atom stereocenters. The Morgan fingerprint density at radius 3 is 3.00 bits per heavy atom. The van der Waals surface area contributed by atoms with Gasteiger partial charge in [0.2, 0.25) is 0 Å². The minimum atomic E-state index is -0.108. The number of thiazole rings is 1. The molecule has 6 heteroatoms. The van der Waals surface area contributed by atoms with Crippen molar-refractivity contribution in [2.75, 3.05) is 11.1 Å². The van der Waals surface area contributed by atoms with Crippen molar-refractivity contribution in [3.8, 4) is 0 Å². The van der Waals surface area contributed by atoms with Crippen molar-refractivity contribution in [3.63, 3.8) is 0 Å². The van der Waals surface area contributed by atoms with Gasteiger partial charge in [-0.05, 0) is 25.0 Å². The first-order valence-corrected chi connectivity index (χ1v) is 7.47. The van der Waals surface area contributed by atoms with Crippen molar-refractivity contribution >= 4 is 39.3 Å². The second kappa shape index (κ2) is 5.64. The molecule has 1 N–H and O–H groups in total. The van der Waals surface area contributed by atoms with E-state index in [1.54, 1.807) is 0 Å². The van der Waals surface area contributed by atoms with Gasteiger partial charge >= 0.3 is 0 Å². The SMILES string of the molecule is CCSC(=O)Nc1nc2c(s1)C(=O)CCCC2. The van der Waals surface area contributed by atoms with Gasteiger partial charge in [-0.25, -0.2) is 4.98 Å². The number of hydrogen-bond acceptors (Lipinski definition) is 5. The van der Waals surface area contributed by atoms with Crippen LogP contribution in [0.1, 0.15) is 41.6 Å². The molecule has 0 saturated heterocycles. The molecule has 2 rings (SSSR count). The van der Waals surface area contributed by atoms with Crippen molar-refractivity contribution in [2.24, 2.45) is 0 Å². The molecular weight excluding hydrogens is 256 g/mol. The molecule has 0 saturated carbocycles. The number of ketones is 1. The molecule has 1 amide bonds. The molecule has 1 aromatic heterocycles. The summed E-state index contributed by atoms with van der Waals surface area (Å²) >= 11 is 2.51. The maximum Gasteiger partial charge on any atom is 0.285 e. The first kappa shape index (κ1) is 12.6. The number of hydrogen-bond donors (Lipinski definition) is 1. The zero-order chi connectivity index (χ0) is 12.3. The number of aryl methyl sites for hydroxylation is 1. The third-order valence-corrected chi connectivity index (χ3v) is 4.21. The highest BCUT2D eigenvalue weighted by Gasteiger charge is 2.21. The Bertz CT molecular complexity index is 443. The van der Waals surface area contributed by atoms with E-state index in [-0.39, 0.29) is 11.0 Å². The number of rotatable bonds is 2. The molecule has 0 aliphatic heterocycles. The molecule has 1 aliphatic carbocycles. The zero-order valence-corrected chi connectivity index (χ0v) is 11.2. The van der Waals surface area contributed by atoms with Gasteiger partial charge in [-0.3, -0.25) is 14.9 Å². The molecular formula is C11H14N2O2S2. The summed E-state index contributed by atoms with van der Waals surface area (Å²) in [6.07, 6.45) is 3.38. The standard InChI is InChI=1S/C11H14N2O2S2/c1-2-16-11(15)13-10-12-7-5-3-4-6-8(14)9(7)17-10/h2-6H2,1H3,(H,12,13,15). The summed E-state index contributed by atoms with van der Waals surface area (Å²) in [5.41, 5.74) is 0.856. The topological polar surface area (TPSA) is 59.1 Å². The van der Waals surface area contributed by atoms with Gasteiger partial charge in [0.1, 0.15) is 0 Å². The predicted molar refractivity (Wildman–Crippen MR) is 71.2 cm³/mol. The fourth-order valence-corrected chi connectivity index (χ4v) is 3.21. The molecule has 0 spiro atoms. The summed E-state index contributed by atoms with van der Waals surface area (Å²) in [4.78, 5) is 28.3. The van der Waals surface area contributed by atoms with Crippen LogP contribution in [0.4, 0.5) is 9.93 Å². The summed E-state index contributed by atoms with van der Waals surface area (Å²) in [6.45, 7) is 1.92. The molecule has 0 atom stereocenters. The second-order valence-corrected chi connectivity index (χ2v) is 6.01. The van der Waals surface area contributed by atoms with E-state index in [4.69, 9.17) is 0 Å². The van der Waals surface area contributed by atoms with Gasteiger partial charge in [0.05, 0.1) is 10.6 Å². The van der Waals surface area contributed by atoms with Gasteiger partial charge in [0.15, 0.2) is 10.9 Å². The Morgan fingerprint density at radius 1 is 1.47 bits per heavy atom. The molecule has 0 radical (unpaired) electrons. The van der Waals surface area contributed by atoms with Crippen molar-refractivity contribution < 1.29 is 9.59 Å². The van der Waals surface area contributed by atoms with E-state index in [0.29, 0.717) is 11.6 Å². The summed E-state index contributed by atoms with van der Waals surface area (Å²) in [7, 11) is 0. The van der Waals surface area contributed by atoms with E-state index in [2.05, 4.69) is 10.3 Å². The average molecular weight is 270 g/mol. The number of thioether (sulfide) groups is 1. The minimum absolute atomic E-state index is 0.108. The van der Waals surface area contributed by atoms with E-state index in [9.17, 15) is 9.59 Å². The van der Waals surface area contributed by atoms with Crippen LogP contribution in [0, 0.1) is 0 Å². The van der Waals surface area contributed by atoms with Gasteiger partial charge < -0.3 is 0 Å². The minimum Gasteiger partial charge on any atom is -0.293 e. The Balaban J connectivity index is 2.14. The van der Waals surface area contributed by atoms with Crippen molar-refractivity contribution in [2.45, 2.75) is 32.6 Å². The Labute approximate surface area is 108 Å². The fourth-order valence-electron chi connectivity index (χ4n) is 1.74. The smallest absolute Gasteiger partial charge is 0.285 e. The van der Waals surface area contributed by atoms with E-state index in [1.807, 2.05) is 6.92 Å². The Kier molecular flexibility index (Phi) is 4.17. The van der Waals surface area contributed by atoms with Crippen molar-refractivity contribution in [3.05, 3.63) is 10.6 Å². The van der Waals surface area contributed by atoms with Crippen LogP contribution in [0.2, 0.25) is 0 Å². The molecule has 17 heavy (non-hydrogen) atoms. The van der Waals surface area contributed by atoms with E-state index in [0.717, 1.165) is 35.6 Å². The Hall–Kier alpha value is -0.880. The lowest BCUT2D eigenvalue weighted by Gasteiger charge is -1.98. The quantitative estimate of drug-likeness (QED) is 0.837. The monoisotopic (exact) mass is 270 g/mol. The van der Waals surface area contributed by atoms with Crippen LogP contribution >= 0.6 is 23.1 Å². The van der Waals surface area contributed by atoms with Gasteiger partial charge in [0, 0.05) is 6.42 Å². The lowest BCUT2D eigenvalue weighted by molar-refractivity contribution is 0.0985. The number of amides is 1. The van der Waals surface area contributed by atoms with Gasteiger partial charge in [-0.15, -0.1) is 0 Å². The number of Topliss-reactive ketones (excluding diaryl/α,β-unsaturated/α-hetero) is 1. The molecule has 0 aromatic carbocycles. The normalized spacial score (nSPS) is 15.2. The van der Waals surface area contributed by atoms with Crippen LogP contribution in [0.25, 0.3) is 0 Å². The van der Waals surface area contributed by atoms with Crippen molar-refractivity contribution in [1.82, 2.24) is 4.98 Å². The first-order valence-electron chi connectivity index (χ1n) is 5.67. The highest BCUT2D eigenvalue weighted by Crippen LogP contribution is 2.29.